The van der Waals surface area contributed by atoms with Gasteiger partial charge >= 0.3 is 6.03 Å². The summed E-state index contributed by atoms with van der Waals surface area (Å²) in [6.07, 6.45) is 2.29. The zero-order valence-corrected chi connectivity index (χ0v) is 17.7. The van der Waals surface area contributed by atoms with Crippen LogP contribution in [0.25, 0.3) is 0 Å². The Balaban J connectivity index is 1.51. The number of aromatic nitrogens is 1. The third-order valence-corrected chi connectivity index (χ3v) is 5.37. The van der Waals surface area contributed by atoms with Crippen LogP contribution in [0.15, 0.2) is 41.0 Å². The number of rotatable bonds is 4. The lowest BCUT2D eigenvalue weighted by Gasteiger charge is -2.23. The van der Waals surface area contributed by atoms with Gasteiger partial charge in [0.05, 0.1) is 13.2 Å². The van der Waals surface area contributed by atoms with Crippen LogP contribution in [-0.4, -0.2) is 47.5 Å². The second-order valence-corrected chi connectivity index (χ2v) is 7.98. The number of hydrogen-bond donors (Lipinski definition) is 2. The summed E-state index contributed by atoms with van der Waals surface area (Å²) in [5.74, 6) is 0.374. The van der Waals surface area contributed by atoms with E-state index in [2.05, 4.69) is 31.5 Å². The summed E-state index contributed by atoms with van der Waals surface area (Å²) in [5.41, 5.74) is -0.777. The topological polar surface area (TPSA) is 110 Å². The SMILES string of the molecule is CC1(c2ccc3c(c2)OCCCO3)NC(=O)N(CC(=O)Nc2ccc(Br)cn2)C1=O. The molecule has 0 radical (unpaired) electrons. The first-order valence-corrected chi connectivity index (χ1v) is 10.1. The maximum Gasteiger partial charge on any atom is 0.325 e. The van der Waals surface area contributed by atoms with E-state index in [-0.39, 0.29) is 0 Å². The van der Waals surface area contributed by atoms with E-state index in [1.165, 1.54) is 6.20 Å². The van der Waals surface area contributed by atoms with Crippen LogP contribution in [0.1, 0.15) is 18.9 Å². The summed E-state index contributed by atoms with van der Waals surface area (Å²) in [4.78, 5) is 42.8. The van der Waals surface area contributed by atoms with Crippen LogP contribution < -0.4 is 20.1 Å². The Hall–Kier alpha value is -3.14. The molecular formula is C20H19BrN4O5. The summed E-state index contributed by atoms with van der Waals surface area (Å²) < 4.78 is 12.1. The van der Waals surface area contributed by atoms with Crippen molar-refractivity contribution in [2.45, 2.75) is 18.9 Å². The molecule has 1 fully saturated rings. The molecule has 1 saturated heterocycles. The third kappa shape index (κ3) is 3.82. The van der Waals surface area contributed by atoms with E-state index in [0.29, 0.717) is 36.1 Å². The molecule has 3 heterocycles. The standard InChI is InChI=1S/C20H19BrN4O5/c1-20(12-3-5-14-15(9-12)30-8-2-7-29-14)18(27)25(19(28)24-20)11-17(26)23-16-6-4-13(21)10-22-16/h3-6,9-10H,2,7-8,11H2,1H3,(H,24,28)(H,22,23,26). The number of pyridine rings is 1. The zero-order valence-electron chi connectivity index (χ0n) is 16.1. The average Bonchev–Trinajstić information content (AvgIpc) is 2.89. The highest BCUT2D eigenvalue weighted by Gasteiger charge is 2.49. The quantitative estimate of drug-likeness (QED) is 0.658. The van der Waals surface area contributed by atoms with Crippen LogP contribution in [0.2, 0.25) is 0 Å². The van der Waals surface area contributed by atoms with E-state index in [4.69, 9.17) is 9.47 Å². The molecular weight excluding hydrogens is 456 g/mol. The molecule has 2 aliphatic heterocycles. The van der Waals surface area contributed by atoms with Crippen molar-refractivity contribution in [2.24, 2.45) is 0 Å². The number of halogens is 1. The van der Waals surface area contributed by atoms with Gasteiger partial charge in [-0.25, -0.2) is 9.78 Å². The number of hydrogen-bond acceptors (Lipinski definition) is 6. The van der Waals surface area contributed by atoms with Gasteiger partial charge in [-0.3, -0.25) is 14.5 Å². The number of nitrogens with one attached hydrogen (secondary N) is 2. The van der Waals surface area contributed by atoms with Crippen molar-refractivity contribution in [3.05, 3.63) is 46.6 Å². The van der Waals surface area contributed by atoms with Crippen molar-refractivity contribution in [3.8, 4) is 11.5 Å². The minimum atomic E-state index is -1.32. The van der Waals surface area contributed by atoms with Crippen LogP contribution in [0.5, 0.6) is 11.5 Å². The molecule has 0 spiro atoms. The van der Waals surface area contributed by atoms with Crippen molar-refractivity contribution in [1.29, 1.82) is 0 Å². The Kier molecular flexibility index (Phi) is 5.33. The van der Waals surface area contributed by atoms with Gasteiger partial charge in [0.15, 0.2) is 11.5 Å². The second kappa shape index (κ2) is 7.94. The van der Waals surface area contributed by atoms with Crippen LogP contribution >= 0.6 is 15.9 Å². The van der Waals surface area contributed by atoms with E-state index < -0.39 is 29.9 Å². The van der Waals surface area contributed by atoms with Crippen LogP contribution in [-0.2, 0) is 15.1 Å². The molecule has 4 rings (SSSR count). The zero-order chi connectivity index (χ0) is 21.3. The number of benzene rings is 1. The Bertz CT molecular complexity index is 1010. The number of carbonyl (C=O) groups excluding carboxylic acids is 3. The normalized spacial score (nSPS) is 20.5. The van der Waals surface area contributed by atoms with Crippen LogP contribution in [0.3, 0.4) is 0 Å². The maximum atomic E-state index is 13.1. The fraction of sp³-hybridized carbons (Fsp3) is 0.300. The number of ether oxygens (including phenoxy) is 2. The van der Waals surface area contributed by atoms with Gasteiger partial charge in [-0.05, 0) is 52.7 Å². The molecule has 2 aliphatic rings. The predicted molar refractivity (Wildman–Crippen MR) is 110 cm³/mol. The van der Waals surface area contributed by atoms with Gasteiger partial charge in [-0.2, -0.15) is 0 Å². The number of urea groups is 1. The fourth-order valence-electron chi connectivity index (χ4n) is 3.29. The van der Waals surface area contributed by atoms with Crippen LogP contribution in [0, 0.1) is 0 Å². The molecule has 2 aromatic rings. The molecule has 1 aromatic heterocycles. The van der Waals surface area contributed by atoms with Crippen molar-refractivity contribution in [1.82, 2.24) is 15.2 Å². The van der Waals surface area contributed by atoms with Crippen molar-refractivity contribution >= 4 is 39.6 Å². The van der Waals surface area contributed by atoms with Gasteiger partial charge in [-0.1, -0.05) is 6.07 Å². The van der Waals surface area contributed by atoms with Gasteiger partial charge in [0.1, 0.15) is 17.9 Å². The minimum Gasteiger partial charge on any atom is -0.490 e. The van der Waals surface area contributed by atoms with Gasteiger partial charge in [0, 0.05) is 17.1 Å². The smallest absolute Gasteiger partial charge is 0.325 e. The molecule has 1 atom stereocenters. The van der Waals surface area contributed by atoms with E-state index in [1.54, 1.807) is 37.3 Å². The fourth-order valence-corrected chi connectivity index (χ4v) is 3.52. The summed E-state index contributed by atoms with van der Waals surface area (Å²) in [7, 11) is 0. The third-order valence-electron chi connectivity index (χ3n) is 4.90. The van der Waals surface area contributed by atoms with E-state index >= 15 is 0 Å². The number of anilines is 1. The first-order chi connectivity index (χ1) is 14.4. The van der Waals surface area contributed by atoms with Gasteiger partial charge < -0.3 is 20.1 Å². The molecule has 1 aromatic carbocycles. The van der Waals surface area contributed by atoms with Crippen molar-refractivity contribution in [3.63, 3.8) is 0 Å². The van der Waals surface area contributed by atoms with Gasteiger partial charge in [-0.15, -0.1) is 0 Å². The Labute approximate surface area is 180 Å². The average molecular weight is 475 g/mol. The molecule has 0 aliphatic carbocycles. The van der Waals surface area contributed by atoms with E-state index in [0.717, 1.165) is 15.8 Å². The minimum absolute atomic E-state index is 0.320. The molecule has 0 bridgehead atoms. The molecule has 9 nitrogen and oxygen atoms in total. The lowest BCUT2D eigenvalue weighted by atomic mass is 9.91. The Morgan fingerprint density at radius 1 is 1.23 bits per heavy atom. The van der Waals surface area contributed by atoms with Crippen molar-refractivity contribution < 1.29 is 23.9 Å². The first-order valence-electron chi connectivity index (χ1n) is 9.32. The molecule has 1 unspecified atom stereocenters. The number of imide groups is 1. The lowest BCUT2D eigenvalue weighted by Crippen LogP contribution is -2.42. The largest absolute Gasteiger partial charge is 0.490 e. The lowest BCUT2D eigenvalue weighted by molar-refractivity contribution is -0.133. The van der Waals surface area contributed by atoms with Gasteiger partial charge in [0.2, 0.25) is 5.91 Å². The number of nitrogens with zero attached hydrogens (tertiary/aromatic N) is 2. The van der Waals surface area contributed by atoms with E-state index in [1.807, 2.05) is 0 Å². The summed E-state index contributed by atoms with van der Waals surface area (Å²) >= 11 is 3.26. The Morgan fingerprint density at radius 3 is 2.73 bits per heavy atom. The molecule has 30 heavy (non-hydrogen) atoms. The highest BCUT2D eigenvalue weighted by atomic mass is 79.9. The maximum absolute atomic E-state index is 13.1. The van der Waals surface area contributed by atoms with Gasteiger partial charge in [0.25, 0.3) is 5.91 Å². The number of fused-ring (bicyclic) bond motifs is 1. The molecule has 2 N–H and O–H groups in total. The highest BCUT2D eigenvalue weighted by molar-refractivity contribution is 9.10. The first kappa shape index (κ1) is 20.1. The molecule has 4 amide bonds. The van der Waals surface area contributed by atoms with Crippen molar-refractivity contribution in [2.75, 3.05) is 25.1 Å². The molecule has 0 saturated carbocycles. The highest BCUT2D eigenvalue weighted by Crippen LogP contribution is 2.36. The molecule has 10 heteroatoms. The number of amides is 4. The Morgan fingerprint density at radius 2 is 2.00 bits per heavy atom. The van der Waals surface area contributed by atoms with E-state index in [9.17, 15) is 14.4 Å². The molecule has 156 valence electrons. The monoisotopic (exact) mass is 474 g/mol. The second-order valence-electron chi connectivity index (χ2n) is 7.07. The predicted octanol–water partition coefficient (Wildman–Crippen LogP) is 2.41. The summed E-state index contributed by atoms with van der Waals surface area (Å²) in [5, 5.41) is 5.26. The summed E-state index contributed by atoms with van der Waals surface area (Å²) in [6.45, 7) is 2.22. The van der Waals surface area contributed by atoms with Crippen LogP contribution in [0.4, 0.5) is 10.6 Å². The summed E-state index contributed by atoms with van der Waals surface area (Å²) in [6, 6.07) is 7.80. The number of carbonyl (C=O) groups is 3.